The Morgan fingerprint density at radius 3 is 2.64 bits per heavy atom. The first-order valence-electron chi connectivity index (χ1n) is 9.57. The van der Waals surface area contributed by atoms with Crippen LogP contribution in [0.2, 0.25) is 0 Å². The lowest BCUT2D eigenvalue weighted by molar-refractivity contribution is 0.254. The highest BCUT2D eigenvalue weighted by Gasteiger charge is 2.21. The Labute approximate surface area is 166 Å². The molecule has 1 aliphatic rings. The van der Waals surface area contributed by atoms with Crippen LogP contribution in [0.5, 0.6) is 17.2 Å². The number of benzene rings is 2. The highest BCUT2D eigenvalue weighted by Crippen LogP contribution is 2.34. The van der Waals surface area contributed by atoms with E-state index in [1.807, 2.05) is 18.2 Å². The molecular weight excluding hydrogens is 354 g/mol. The number of ether oxygens (including phenoxy) is 3. The lowest BCUT2D eigenvalue weighted by atomic mass is 10.1. The van der Waals surface area contributed by atoms with Crippen LogP contribution in [-0.4, -0.2) is 39.9 Å². The zero-order valence-corrected chi connectivity index (χ0v) is 17.0. The molecule has 0 saturated carbocycles. The fraction of sp³-hybridized carbons (Fsp3) is 0.409. The summed E-state index contributed by atoms with van der Waals surface area (Å²) in [4.78, 5) is 4.31. The Hall–Kier alpha value is -2.89. The SMILES string of the molecule is CN=C(NCCc1ccccc1OC)NCc1cc2c(cc1OC)CC(C)O2. The summed E-state index contributed by atoms with van der Waals surface area (Å²) in [5.41, 5.74) is 3.41. The molecule has 6 nitrogen and oxygen atoms in total. The van der Waals surface area contributed by atoms with Crippen molar-refractivity contribution >= 4 is 5.96 Å². The topological polar surface area (TPSA) is 64.1 Å². The first kappa shape index (κ1) is 19.9. The molecule has 1 unspecified atom stereocenters. The summed E-state index contributed by atoms with van der Waals surface area (Å²) in [6, 6.07) is 12.2. The standard InChI is InChI=1S/C22H29N3O3/c1-15-11-17-12-20(27-4)18(13-21(17)28-15)14-25-22(23-2)24-10-9-16-7-5-6-8-19(16)26-3/h5-8,12-13,15H,9-11,14H2,1-4H3,(H2,23,24,25). The van der Waals surface area contributed by atoms with E-state index < -0.39 is 0 Å². The summed E-state index contributed by atoms with van der Waals surface area (Å²) < 4.78 is 16.8. The van der Waals surface area contributed by atoms with Gasteiger partial charge in [0.2, 0.25) is 0 Å². The Morgan fingerprint density at radius 1 is 1.11 bits per heavy atom. The van der Waals surface area contributed by atoms with Gasteiger partial charge in [0.1, 0.15) is 23.4 Å². The van der Waals surface area contributed by atoms with Gasteiger partial charge < -0.3 is 24.8 Å². The fourth-order valence-electron chi connectivity index (χ4n) is 3.43. The van der Waals surface area contributed by atoms with E-state index in [0.29, 0.717) is 6.54 Å². The van der Waals surface area contributed by atoms with Crippen molar-refractivity contribution in [2.24, 2.45) is 4.99 Å². The molecule has 6 heteroatoms. The normalized spacial score (nSPS) is 15.6. The molecule has 0 spiro atoms. The van der Waals surface area contributed by atoms with E-state index in [1.165, 1.54) is 11.1 Å². The van der Waals surface area contributed by atoms with Crippen molar-refractivity contribution in [2.45, 2.75) is 32.4 Å². The van der Waals surface area contributed by atoms with Gasteiger partial charge in [0.05, 0.1) is 14.2 Å². The average molecular weight is 383 g/mol. The van der Waals surface area contributed by atoms with Crippen molar-refractivity contribution in [1.29, 1.82) is 0 Å². The van der Waals surface area contributed by atoms with Crippen molar-refractivity contribution in [1.82, 2.24) is 10.6 Å². The molecule has 0 fully saturated rings. The van der Waals surface area contributed by atoms with Gasteiger partial charge in [-0.3, -0.25) is 4.99 Å². The third-order valence-electron chi connectivity index (χ3n) is 4.85. The van der Waals surface area contributed by atoms with Gasteiger partial charge in [0, 0.05) is 37.7 Å². The fourth-order valence-corrected chi connectivity index (χ4v) is 3.43. The second kappa shape index (κ2) is 9.35. The second-order valence-electron chi connectivity index (χ2n) is 6.82. The number of nitrogens with zero attached hydrogens (tertiary/aromatic N) is 1. The Balaban J connectivity index is 1.57. The van der Waals surface area contributed by atoms with Crippen molar-refractivity contribution in [3.63, 3.8) is 0 Å². The van der Waals surface area contributed by atoms with Gasteiger partial charge in [-0.25, -0.2) is 0 Å². The van der Waals surface area contributed by atoms with Gasteiger partial charge in [0.15, 0.2) is 5.96 Å². The van der Waals surface area contributed by atoms with Crippen LogP contribution >= 0.6 is 0 Å². The maximum absolute atomic E-state index is 5.87. The molecule has 0 radical (unpaired) electrons. The number of guanidine groups is 1. The molecule has 1 atom stereocenters. The minimum absolute atomic E-state index is 0.215. The van der Waals surface area contributed by atoms with Crippen LogP contribution in [0.4, 0.5) is 0 Å². The molecule has 2 aromatic carbocycles. The highest BCUT2D eigenvalue weighted by molar-refractivity contribution is 5.79. The number of hydrogen-bond acceptors (Lipinski definition) is 4. The number of fused-ring (bicyclic) bond motifs is 1. The Morgan fingerprint density at radius 2 is 1.89 bits per heavy atom. The van der Waals surface area contributed by atoms with Crippen LogP contribution in [0.15, 0.2) is 41.4 Å². The molecule has 3 rings (SSSR count). The molecule has 2 N–H and O–H groups in total. The molecule has 0 bridgehead atoms. The summed E-state index contributed by atoms with van der Waals surface area (Å²) in [5, 5.41) is 6.70. The van der Waals surface area contributed by atoms with E-state index in [9.17, 15) is 0 Å². The van der Waals surface area contributed by atoms with Crippen LogP contribution in [0.1, 0.15) is 23.6 Å². The van der Waals surface area contributed by atoms with E-state index in [2.05, 4.69) is 40.7 Å². The van der Waals surface area contributed by atoms with Crippen LogP contribution in [-0.2, 0) is 19.4 Å². The summed E-state index contributed by atoms with van der Waals surface area (Å²) in [6.45, 7) is 3.43. The smallest absolute Gasteiger partial charge is 0.191 e. The van der Waals surface area contributed by atoms with E-state index in [0.717, 1.165) is 48.2 Å². The van der Waals surface area contributed by atoms with Crippen molar-refractivity contribution < 1.29 is 14.2 Å². The minimum Gasteiger partial charge on any atom is -0.496 e. The molecule has 1 aliphatic heterocycles. The van der Waals surface area contributed by atoms with Crippen LogP contribution in [0.25, 0.3) is 0 Å². The number of rotatable bonds is 7. The predicted octanol–water partition coefficient (Wildman–Crippen LogP) is 2.93. The molecule has 150 valence electrons. The summed E-state index contributed by atoms with van der Waals surface area (Å²) in [5.74, 6) is 3.47. The predicted molar refractivity (Wildman–Crippen MR) is 112 cm³/mol. The maximum Gasteiger partial charge on any atom is 0.191 e. The van der Waals surface area contributed by atoms with Gasteiger partial charge in [-0.1, -0.05) is 18.2 Å². The van der Waals surface area contributed by atoms with Crippen LogP contribution in [0.3, 0.4) is 0 Å². The lowest BCUT2D eigenvalue weighted by Crippen LogP contribution is -2.38. The van der Waals surface area contributed by atoms with Crippen LogP contribution < -0.4 is 24.8 Å². The van der Waals surface area contributed by atoms with Gasteiger partial charge in [-0.05, 0) is 37.1 Å². The second-order valence-corrected chi connectivity index (χ2v) is 6.82. The van der Waals surface area contributed by atoms with E-state index in [4.69, 9.17) is 14.2 Å². The molecule has 28 heavy (non-hydrogen) atoms. The van der Waals surface area contributed by atoms with Crippen molar-refractivity contribution in [3.8, 4) is 17.2 Å². The lowest BCUT2D eigenvalue weighted by Gasteiger charge is -2.15. The van der Waals surface area contributed by atoms with E-state index in [1.54, 1.807) is 21.3 Å². The van der Waals surface area contributed by atoms with Gasteiger partial charge in [-0.2, -0.15) is 0 Å². The third kappa shape index (κ3) is 4.68. The minimum atomic E-state index is 0.215. The monoisotopic (exact) mass is 383 g/mol. The number of hydrogen-bond donors (Lipinski definition) is 2. The number of methoxy groups -OCH3 is 2. The van der Waals surface area contributed by atoms with Gasteiger partial charge >= 0.3 is 0 Å². The van der Waals surface area contributed by atoms with E-state index in [-0.39, 0.29) is 6.10 Å². The Bertz CT molecular complexity index is 836. The highest BCUT2D eigenvalue weighted by atomic mass is 16.5. The molecule has 1 heterocycles. The largest absolute Gasteiger partial charge is 0.496 e. The molecular formula is C22H29N3O3. The molecule has 0 aliphatic carbocycles. The Kier molecular flexibility index (Phi) is 6.63. The average Bonchev–Trinajstić information content (AvgIpc) is 3.08. The summed E-state index contributed by atoms with van der Waals surface area (Å²) >= 11 is 0. The number of para-hydroxylation sites is 1. The quantitative estimate of drug-likeness (QED) is 0.569. The summed E-state index contributed by atoms with van der Waals surface area (Å²) in [6.07, 6.45) is 1.98. The van der Waals surface area contributed by atoms with Gasteiger partial charge in [0.25, 0.3) is 0 Å². The van der Waals surface area contributed by atoms with E-state index >= 15 is 0 Å². The first-order chi connectivity index (χ1) is 13.6. The maximum atomic E-state index is 5.87. The molecule has 0 saturated heterocycles. The number of nitrogens with one attached hydrogen (secondary N) is 2. The zero-order chi connectivity index (χ0) is 19.9. The van der Waals surface area contributed by atoms with Crippen LogP contribution in [0, 0.1) is 0 Å². The molecule has 2 aromatic rings. The summed E-state index contributed by atoms with van der Waals surface area (Å²) in [7, 11) is 5.16. The molecule has 0 amide bonds. The van der Waals surface area contributed by atoms with Gasteiger partial charge in [-0.15, -0.1) is 0 Å². The molecule has 0 aromatic heterocycles. The van der Waals surface area contributed by atoms with Crippen molar-refractivity contribution in [3.05, 3.63) is 53.1 Å². The first-order valence-corrected chi connectivity index (χ1v) is 9.57. The number of aliphatic imine (C=N–C) groups is 1. The third-order valence-corrected chi connectivity index (χ3v) is 4.85. The zero-order valence-electron chi connectivity index (χ0n) is 17.0. The van der Waals surface area contributed by atoms with Crippen molar-refractivity contribution in [2.75, 3.05) is 27.8 Å².